The second kappa shape index (κ2) is 7.61. The van der Waals surface area contributed by atoms with Crippen molar-refractivity contribution in [3.05, 3.63) is 65.2 Å². The molecule has 0 fully saturated rings. The number of amides is 2. The summed E-state index contributed by atoms with van der Waals surface area (Å²) in [5, 5.41) is 9.39. The van der Waals surface area contributed by atoms with Gasteiger partial charge in [0.1, 0.15) is 11.3 Å². The van der Waals surface area contributed by atoms with Gasteiger partial charge < -0.3 is 21.5 Å². The summed E-state index contributed by atoms with van der Waals surface area (Å²) >= 11 is 0. The first kappa shape index (κ1) is 18.0. The lowest BCUT2D eigenvalue weighted by atomic mass is 10.0. The van der Waals surface area contributed by atoms with E-state index in [1.165, 1.54) is 7.11 Å². The zero-order valence-electron chi connectivity index (χ0n) is 14.7. The predicted molar refractivity (Wildman–Crippen MR) is 101 cm³/mol. The first-order valence-corrected chi connectivity index (χ1v) is 8.15. The van der Waals surface area contributed by atoms with Crippen LogP contribution < -0.4 is 21.5 Å². The van der Waals surface area contributed by atoms with Crippen LogP contribution in [0.25, 0.3) is 11.3 Å². The van der Waals surface area contributed by atoms with E-state index in [1.807, 2.05) is 12.1 Å². The monoisotopic (exact) mass is 365 g/mol. The number of benzene rings is 2. The number of para-hydroxylation sites is 1. The number of anilines is 1. The van der Waals surface area contributed by atoms with Crippen LogP contribution in [-0.4, -0.2) is 29.1 Å². The molecule has 0 saturated carbocycles. The smallest absolute Gasteiger partial charge is 0.255 e. The maximum absolute atomic E-state index is 12.3. The lowest BCUT2D eigenvalue weighted by Crippen LogP contribution is -2.23. The van der Waals surface area contributed by atoms with Gasteiger partial charge in [0, 0.05) is 12.1 Å². The number of primary amides is 1. The van der Waals surface area contributed by atoms with Crippen LogP contribution in [0.3, 0.4) is 0 Å². The van der Waals surface area contributed by atoms with Gasteiger partial charge in [0.15, 0.2) is 5.82 Å². The van der Waals surface area contributed by atoms with Crippen molar-refractivity contribution in [3.8, 4) is 17.0 Å². The fourth-order valence-corrected chi connectivity index (χ4v) is 2.71. The van der Waals surface area contributed by atoms with Crippen LogP contribution in [0.4, 0.5) is 5.82 Å². The average Bonchev–Trinajstić information content (AvgIpc) is 3.08. The highest BCUT2D eigenvalue weighted by Crippen LogP contribution is 2.25. The SMILES string of the molecule is COc1ccccc1C(=O)NCc1ccc(-c2[nH]nc(N)c2C(N)=O)cc1. The van der Waals surface area contributed by atoms with Gasteiger partial charge in [-0.05, 0) is 17.7 Å². The number of carbonyl (C=O) groups is 2. The molecule has 27 heavy (non-hydrogen) atoms. The van der Waals surface area contributed by atoms with E-state index in [0.717, 1.165) is 5.56 Å². The van der Waals surface area contributed by atoms with Crippen LogP contribution in [0, 0.1) is 0 Å². The first-order valence-electron chi connectivity index (χ1n) is 8.15. The number of nitrogens with zero attached hydrogens (tertiary/aromatic N) is 1. The van der Waals surface area contributed by atoms with Crippen molar-refractivity contribution in [2.45, 2.75) is 6.54 Å². The van der Waals surface area contributed by atoms with Crippen molar-refractivity contribution in [1.82, 2.24) is 15.5 Å². The van der Waals surface area contributed by atoms with Gasteiger partial charge >= 0.3 is 0 Å². The van der Waals surface area contributed by atoms with Crippen molar-refractivity contribution >= 4 is 17.6 Å². The molecule has 138 valence electrons. The zero-order valence-corrected chi connectivity index (χ0v) is 14.7. The summed E-state index contributed by atoms with van der Waals surface area (Å²) in [7, 11) is 1.52. The number of nitrogens with two attached hydrogens (primary N) is 2. The number of rotatable bonds is 6. The zero-order chi connectivity index (χ0) is 19.4. The van der Waals surface area contributed by atoms with Gasteiger partial charge in [-0.1, -0.05) is 36.4 Å². The number of nitrogen functional groups attached to an aromatic ring is 1. The third kappa shape index (κ3) is 3.74. The van der Waals surface area contributed by atoms with Gasteiger partial charge in [0.25, 0.3) is 11.8 Å². The summed E-state index contributed by atoms with van der Waals surface area (Å²) in [6.07, 6.45) is 0. The third-order valence-corrected chi connectivity index (χ3v) is 4.09. The number of nitrogens with one attached hydrogen (secondary N) is 2. The Balaban J connectivity index is 1.72. The Labute approximate surface area is 155 Å². The number of hydrogen-bond acceptors (Lipinski definition) is 5. The van der Waals surface area contributed by atoms with Gasteiger partial charge in [-0.15, -0.1) is 0 Å². The van der Waals surface area contributed by atoms with Crippen LogP contribution in [-0.2, 0) is 6.54 Å². The van der Waals surface area contributed by atoms with Crippen molar-refractivity contribution in [3.63, 3.8) is 0 Å². The minimum absolute atomic E-state index is 0.0608. The van der Waals surface area contributed by atoms with E-state index >= 15 is 0 Å². The lowest BCUT2D eigenvalue weighted by Gasteiger charge is -2.09. The highest BCUT2D eigenvalue weighted by atomic mass is 16.5. The molecular formula is C19H19N5O3. The molecule has 2 aromatic carbocycles. The van der Waals surface area contributed by atoms with Crippen LogP contribution in [0.5, 0.6) is 5.75 Å². The Bertz CT molecular complexity index is 979. The van der Waals surface area contributed by atoms with E-state index in [-0.39, 0.29) is 17.3 Å². The van der Waals surface area contributed by atoms with Gasteiger partial charge in [-0.2, -0.15) is 5.10 Å². The van der Waals surface area contributed by atoms with Gasteiger partial charge in [-0.25, -0.2) is 0 Å². The van der Waals surface area contributed by atoms with Crippen molar-refractivity contribution in [2.24, 2.45) is 5.73 Å². The molecule has 0 atom stereocenters. The summed E-state index contributed by atoms with van der Waals surface area (Å²) < 4.78 is 5.20. The Morgan fingerprint density at radius 3 is 2.52 bits per heavy atom. The molecule has 0 saturated heterocycles. The molecule has 2 amide bonds. The molecule has 0 spiro atoms. The van der Waals surface area contributed by atoms with E-state index < -0.39 is 5.91 Å². The van der Waals surface area contributed by atoms with Crippen molar-refractivity contribution in [2.75, 3.05) is 12.8 Å². The predicted octanol–water partition coefficient (Wildman–Crippen LogP) is 1.70. The molecule has 8 nitrogen and oxygen atoms in total. The maximum atomic E-state index is 12.3. The Kier molecular flexibility index (Phi) is 5.07. The summed E-state index contributed by atoms with van der Waals surface area (Å²) in [5.74, 6) is -0.301. The molecule has 1 heterocycles. The molecule has 0 unspecified atom stereocenters. The number of aromatic nitrogens is 2. The molecule has 1 aromatic heterocycles. The maximum Gasteiger partial charge on any atom is 0.255 e. The number of methoxy groups -OCH3 is 1. The first-order chi connectivity index (χ1) is 13.0. The minimum Gasteiger partial charge on any atom is -0.496 e. The van der Waals surface area contributed by atoms with E-state index in [2.05, 4.69) is 15.5 Å². The van der Waals surface area contributed by atoms with Gasteiger partial charge in [0.2, 0.25) is 0 Å². The quantitative estimate of drug-likeness (QED) is 0.527. The van der Waals surface area contributed by atoms with Crippen LogP contribution in [0.2, 0.25) is 0 Å². The standard InChI is InChI=1S/C19H19N5O3/c1-27-14-5-3-2-4-13(14)19(26)22-10-11-6-8-12(9-7-11)16-15(18(21)25)17(20)24-23-16/h2-9H,10H2,1H3,(H2,21,25)(H,22,26)(H3,20,23,24). The Morgan fingerprint density at radius 1 is 1.15 bits per heavy atom. The largest absolute Gasteiger partial charge is 0.496 e. The second-order valence-electron chi connectivity index (χ2n) is 5.80. The van der Waals surface area contributed by atoms with Gasteiger partial charge in [-0.3, -0.25) is 14.7 Å². The van der Waals surface area contributed by atoms with Crippen LogP contribution >= 0.6 is 0 Å². The van der Waals surface area contributed by atoms with E-state index in [1.54, 1.807) is 36.4 Å². The fourth-order valence-electron chi connectivity index (χ4n) is 2.71. The van der Waals surface area contributed by atoms with Crippen LogP contribution in [0.1, 0.15) is 26.3 Å². The normalized spacial score (nSPS) is 10.4. The molecule has 0 radical (unpaired) electrons. The topological polar surface area (TPSA) is 136 Å². The minimum atomic E-state index is -0.649. The Hall–Kier alpha value is -3.81. The summed E-state index contributed by atoms with van der Waals surface area (Å²) in [6, 6.07) is 14.3. The molecular weight excluding hydrogens is 346 g/mol. The molecule has 0 bridgehead atoms. The highest BCUT2D eigenvalue weighted by molar-refractivity contribution is 6.03. The average molecular weight is 365 g/mol. The molecule has 0 aliphatic rings. The van der Waals surface area contributed by atoms with E-state index in [4.69, 9.17) is 16.2 Å². The molecule has 0 aliphatic carbocycles. The summed E-state index contributed by atoms with van der Waals surface area (Å²) in [6.45, 7) is 0.338. The highest BCUT2D eigenvalue weighted by Gasteiger charge is 2.17. The third-order valence-electron chi connectivity index (χ3n) is 4.09. The number of aromatic amines is 1. The fraction of sp³-hybridized carbons (Fsp3) is 0.105. The molecule has 3 aromatic rings. The van der Waals surface area contributed by atoms with Gasteiger partial charge in [0.05, 0.1) is 18.4 Å². The van der Waals surface area contributed by atoms with E-state index in [9.17, 15) is 9.59 Å². The van der Waals surface area contributed by atoms with Crippen molar-refractivity contribution < 1.29 is 14.3 Å². The number of H-pyrrole nitrogens is 1. The lowest BCUT2D eigenvalue weighted by molar-refractivity contribution is 0.0946. The van der Waals surface area contributed by atoms with Crippen molar-refractivity contribution in [1.29, 1.82) is 0 Å². The molecule has 0 aliphatic heterocycles. The molecule has 8 heteroatoms. The number of hydrogen-bond donors (Lipinski definition) is 4. The molecule has 6 N–H and O–H groups in total. The van der Waals surface area contributed by atoms with E-state index in [0.29, 0.717) is 29.1 Å². The Morgan fingerprint density at radius 2 is 1.85 bits per heavy atom. The number of ether oxygens (including phenoxy) is 1. The summed E-state index contributed by atoms with van der Waals surface area (Å²) in [5.41, 5.74) is 13.7. The summed E-state index contributed by atoms with van der Waals surface area (Å²) in [4.78, 5) is 23.9. The second-order valence-corrected chi connectivity index (χ2v) is 5.80. The van der Waals surface area contributed by atoms with Crippen LogP contribution in [0.15, 0.2) is 48.5 Å². The molecule has 3 rings (SSSR count). The number of carbonyl (C=O) groups excluding carboxylic acids is 2.